The average molecular weight is 496 g/mol. The van der Waals surface area contributed by atoms with E-state index in [2.05, 4.69) is 69.8 Å². The summed E-state index contributed by atoms with van der Waals surface area (Å²) in [5.41, 5.74) is 5.74. The Morgan fingerprint density at radius 3 is 2.27 bits per heavy atom. The Labute approximate surface area is 218 Å². The van der Waals surface area contributed by atoms with E-state index in [4.69, 9.17) is 4.98 Å². The van der Waals surface area contributed by atoms with Crippen LogP contribution >= 0.6 is 0 Å². The summed E-state index contributed by atoms with van der Waals surface area (Å²) in [5, 5.41) is 3.26. The van der Waals surface area contributed by atoms with Gasteiger partial charge in [0.1, 0.15) is 5.82 Å². The number of carbonyl (C=O) groups excluding carboxylic acids is 1. The third-order valence-corrected chi connectivity index (χ3v) is 6.77. The number of aryl methyl sites for hydroxylation is 2. The predicted octanol–water partition coefficient (Wildman–Crippen LogP) is 5.24. The Hall–Kier alpha value is -4.20. The lowest BCUT2D eigenvalue weighted by molar-refractivity contribution is 0.0747. The molecule has 0 spiro atoms. The van der Waals surface area contributed by atoms with Gasteiger partial charge in [-0.1, -0.05) is 17.7 Å². The molecule has 37 heavy (non-hydrogen) atoms. The first-order valence-corrected chi connectivity index (χ1v) is 12.7. The van der Waals surface area contributed by atoms with Gasteiger partial charge in [-0.25, -0.2) is 15.0 Å². The van der Waals surface area contributed by atoms with Gasteiger partial charge in [0.05, 0.1) is 17.6 Å². The minimum atomic E-state index is 0.0608. The van der Waals surface area contributed by atoms with Crippen molar-refractivity contribution in [2.75, 3.05) is 36.4 Å². The molecule has 1 N–H and O–H groups in total. The van der Waals surface area contributed by atoms with Crippen LogP contribution < -0.4 is 10.2 Å². The zero-order chi connectivity index (χ0) is 25.9. The second kappa shape index (κ2) is 10.4. The molecule has 2 aromatic carbocycles. The molecule has 3 heterocycles. The first-order valence-electron chi connectivity index (χ1n) is 12.7. The van der Waals surface area contributed by atoms with Crippen molar-refractivity contribution in [3.63, 3.8) is 0 Å². The molecule has 1 aliphatic rings. The topological polar surface area (TPSA) is 79.2 Å². The van der Waals surface area contributed by atoms with E-state index in [-0.39, 0.29) is 11.9 Å². The molecule has 0 aliphatic carbocycles. The van der Waals surface area contributed by atoms with Gasteiger partial charge in [-0.15, -0.1) is 0 Å². The molecule has 1 fully saturated rings. The minimum Gasteiger partial charge on any atom is -0.368 e. The summed E-state index contributed by atoms with van der Waals surface area (Å²) < 4.78 is 2.16. The summed E-state index contributed by atoms with van der Waals surface area (Å²) in [6, 6.07) is 18.2. The number of imidazole rings is 1. The van der Waals surface area contributed by atoms with Gasteiger partial charge >= 0.3 is 0 Å². The normalized spacial score (nSPS) is 13.8. The van der Waals surface area contributed by atoms with Crippen molar-refractivity contribution in [2.45, 2.75) is 33.7 Å². The van der Waals surface area contributed by atoms with Gasteiger partial charge in [0, 0.05) is 55.4 Å². The molecule has 0 bridgehead atoms. The molecule has 2 aromatic heterocycles. The van der Waals surface area contributed by atoms with E-state index < -0.39 is 0 Å². The second-order valence-corrected chi connectivity index (χ2v) is 9.74. The van der Waals surface area contributed by atoms with E-state index >= 15 is 0 Å². The molecule has 8 nitrogen and oxygen atoms in total. The number of aromatic nitrogens is 4. The van der Waals surface area contributed by atoms with E-state index in [0.29, 0.717) is 24.6 Å². The molecule has 0 atom stereocenters. The number of rotatable bonds is 6. The number of piperazine rings is 1. The molecule has 190 valence electrons. The smallest absolute Gasteiger partial charge is 0.253 e. The summed E-state index contributed by atoms with van der Waals surface area (Å²) in [6.45, 7) is 11.4. The van der Waals surface area contributed by atoms with E-state index in [0.717, 1.165) is 36.0 Å². The fourth-order valence-corrected chi connectivity index (χ4v) is 4.79. The molecule has 0 unspecified atom stereocenters. The Morgan fingerprint density at radius 1 is 0.892 bits per heavy atom. The molecule has 0 radical (unpaired) electrons. The number of hydrogen-bond donors (Lipinski definition) is 1. The van der Waals surface area contributed by atoms with Crippen LogP contribution in [-0.4, -0.2) is 56.5 Å². The van der Waals surface area contributed by atoms with Crippen LogP contribution in [0.15, 0.2) is 67.0 Å². The van der Waals surface area contributed by atoms with Gasteiger partial charge in [0.2, 0.25) is 5.95 Å². The molecule has 8 heteroatoms. The van der Waals surface area contributed by atoms with E-state index in [1.165, 1.54) is 11.3 Å². The number of anilines is 3. The Morgan fingerprint density at radius 2 is 1.59 bits per heavy atom. The lowest BCUT2D eigenvalue weighted by Gasteiger charge is -2.36. The van der Waals surface area contributed by atoms with Gasteiger partial charge in [-0.2, -0.15) is 0 Å². The highest BCUT2D eigenvalue weighted by Gasteiger charge is 2.22. The zero-order valence-electron chi connectivity index (χ0n) is 21.8. The molecule has 0 saturated carbocycles. The molecule has 1 saturated heterocycles. The van der Waals surface area contributed by atoms with E-state index in [1.807, 2.05) is 48.4 Å². The third-order valence-electron chi connectivity index (χ3n) is 6.77. The number of carbonyl (C=O) groups is 1. The zero-order valence-corrected chi connectivity index (χ0v) is 21.8. The maximum atomic E-state index is 13.1. The Balaban J connectivity index is 1.22. The largest absolute Gasteiger partial charge is 0.368 e. The SMILES string of the molecule is Cc1ccc(N2CCN(C(=O)c3ccc(Nc4nccc(-c5cnc(C)n5C(C)C)n4)cc3)CC2)cc1. The minimum absolute atomic E-state index is 0.0608. The molecule has 1 aliphatic heterocycles. The maximum Gasteiger partial charge on any atom is 0.253 e. The highest BCUT2D eigenvalue weighted by atomic mass is 16.2. The van der Waals surface area contributed by atoms with Gasteiger partial charge < -0.3 is 19.7 Å². The van der Waals surface area contributed by atoms with Crippen LogP contribution in [0, 0.1) is 13.8 Å². The maximum absolute atomic E-state index is 13.1. The highest BCUT2D eigenvalue weighted by Crippen LogP contribution is 2.24. The second-order valence-electron chi connectivity index (χ2n) is 9.74. The summed E-state index contributed by atoms with van der Waals surface area (Å²) in [4.78, 5) is 30.9. The summed E-state index contributed by atoms with van der Waals surface area (Å²) in [7, 11) is 0. The monoisotopic (exact) mass is 495 g/mol. The molecule has 5 rings (SSSR count). The van der Waals surface area contributed by atoms with Crippen molar-refractivity contribution in [2.24, 2.45) is 0 Å². The summed E-state index contributed by atoms with van der Waals surface area (Å²) in [6.07, 6.45) is 3.59. The van der Waals surface area contributed by atoms with Crippen LogP contribution in [0.1, 0.15) is 41.6 Å². The highest BCUT2D eigenvalue weighted by molar-refractivity contribution is 5.94. The number of benzene rings is 2. The Bertz CT molecular complexity index is 1370. The van der Waals surface area contributed by atoms with Crippen LogP contribution in [0.5, 0.6) is 0 Å². The van der Waals surface area contributed by atoms with Crippen LogP contribution in [0.4, 0.5) is 17.3 Å². The quantitative estimate of drug-likeness (QED) is 0.394. The predicted molar refractivity (Wildman–Crippen MR) is 147 cm³/mol. The summed E-state index contributed by atoms with van der Waals surface area (Å²) in [5.74, 6) is 1.51. The van der Waals surface area contributed by atoms with Gasteiger partial charge in [-0.05, 0) is 70.2 Å². The van der Waals surface area contributed by atoms with Crippen molar-refractivity contribution >= 4 is 23.2 Å². The van der Waals surface area contributed by atoms with Crippen molar-refractivity contribution in [1.82, 2.24) is 24.4 Å². The Kier molecular flexibility index (Phi) is 6.90. The van der Waals surface area contributed by atoms with Gasteiger partial charge in [0.25, 0.3) is 5.91 Å². The molecule has 1 amide bonds. The fourth-order valence-electron chi connectivity index (χ4n) is 4.79. The number of amides is 1. The first kappa shape index (κ1) is 24.5. The fraction of sp³-hybridized carbons (Fsp3) is 0.310. The van der Waals surface area contributed by atoms with Crippen molar-refractivity contribution in [1.29, 1.82) is 0 Å². The molecular weight excluding hydrogens is 462 g/mol. The van der Waals surface area contributed by atoms with Crippen molar-refractivity contribution in [3.8, 4) is 11.4 Å². The molecule has 4 aromatic rings. The van der Waals surface area contributed by atoms with E-state index in [9.17, 15) is 4.79 Å². The van der Waals surface area contributed by atoms with E-state index in [1.54, 1.807) is 6.20 Å². The summed E-state index contributed by atoms with van der Waals surface area (Å²) >= 11 is 0. The number of nitrogens with one attached hydrogen (secondary N) is 1. The lowest BCUT2D eigenvalue weighted by atomic mass is 10.1. The van der Waals surface area contributed by atoms with Crippen molar-refractivity contribution < 1.29 is 4.79 Å². The average Bonchev–Trinajstić information content (AvgIpc) is 3.31. The van der Waals surface area contributed by atoms with Crippen LogP contribution in [0.3, 0.4) is 0 Å². The van der Waals surface area contributed by atoms with Crippen molar-refractivity contribution in [3.05, 3.63) is 83.9 Å². The van der Waals surface area contributed by atoms with Gasteiger partial charge in [-0.3, -0.25) is 4.79 Å². The van der Waals surface area contributed by atoms with Gasteiger partial charge in [0.15, 0.2) is 0 Å². The number of hydrogen-bond acceptors (Lipinski definition) is 6. The van der Waals surface area contributed by atoms with Crippen LogP contribution in [0.25, 0.3) is 11.4 Å². The van der Waals surface area contributed by atoms with Crippen LogP contribution in [0.2, 0.25) is 0 Å². The third kappa shape index (κ3) is 5.33. The lowest BCUT2D eigenvalue weighted by Crippen LogP contribution is -2.48. The standard InChI is InChI=1S/C29H33N7O/c1-20(2)36-22(4)31-19-27(36)26-13-14-30-29(33-26)32-24-9-7-23(8-10-24)28(37)35-17-15-34(16-18-35)25-11-5-21(3)6-12-25/h5-14,19-20H,15-18H2,1-4H3,(H,30,32,33). The number of nitrogens with zero attached hydrogens (tertiary/aromatic N) is 6. The molecular formula is C29H33N7O. The van der Waals surface area contributed by atoms with Crippen LogP contribution in [-0.2, 0) is 0 Å². The first-order chi connectivity index (χ1) is 17.9.